The van der Waals surface area contributed by atoms with Gasteiger partial charge < -0.3 is 9.84 Å². The average Bonchev–Trinajstić information content (AvgIpc) is 3.48. The summed E-state index contributed by atoms with van der Waals surface area (Å²) in [5.41, 5.74) is 3.26. The normalized spacial score (nSPS) is 17.4. The maximum absolute atomic E-state index is 12.1. The van der Waals surface area contributed by atoms with Crippen LogP contribution in [0, 0.1) is 0 Å². The Kier molecular flexibility index (Phi) is 5.93. The van der Waals surface area contributed by atoms with Crippen LogP contribution in [0.5, 0.6) is 5.75 Å². The van der Waals surface area contributed by atoms with Crippen molar-refractivity contribution in [1.82, 2.24) is 4.90 Å². The number of para-hydroxylation sites is 1. The predicted molar refractivity (Wildman–Crippen MR) is 128 cm³/mol. The molecule has 3 aromatic carbocycles. The molecule has 5 rings (SSSR count). The van der Waals surface area contributed by atoms with E-state index < -0.39 is 12.0 Å². The summed E-state index contributed by atoms with van der Waals surface area (Å²) in [6.07, 6.45) is 1.55. The van der Waals surface area contributed by atoms with Crippen molar-refractivity contribution in [3.05, 3.63) is 101 Å². The van der Waals surface area contributed by atoms with Crippen LogP contribution in [0.4, 0.5) is 0 Å². The summed E-state index contributed by atoms with van der Waals surface area (Å²) >= 11 is 1.71. The molecule has 2 heterocycles. The van der Waals surface area contributed by atoms with Crippen molar-refractivity contribution in [2.45, 2.75) is 31.5 Å². The third kappa shape index (κ3) is 4.01. The number of fused-ring (bicyclic) bond motifs is 1. The molecule has 4 aromatic rings. The van der Waals surface area contributed by atoms with Gasteiger partial charge in [-0.3, -0.25) is 9.69 Å². The third-order valence-electron chi connectivity index (χ3n) is 6.17. The number of carbonyl (C=O) groups is 1. The molecule has 162 valence electrons. The first-order valence-electron chi connectivity index (χ1n) is 10.9. The second-order valence-electron chi connectivity index (χ2n) is 8.14. The van der Waals surface area contributed by atoms with Crippen LogP contribution >= 0.6 is 11.3 Å². The number of carboxylic acids is 1. The van der Waals surface area contributed by atoms with Gasteiger partial charge in [-0.2, -0.15) is 0 Å². The standard InChI is InChI=1S/C27H25NO3S/c29-27(30)23-13-8-16-28(23)26(22-18-32-25-15-7-5-11-20(22)25)21-12-4-6-14-24(21)31-17-19-9-2-1-3-10-19/h1-7,9-12,14-15,18,23,26H,8,13,16-17H2,(H,29,30). The molecule has 1 saturated heterocycles. The molecule has 0 spiro atoms. The largest absolute Gasteiger partial charge is 0.489 e. The molecule has 32 heavy (non-hydrogen) atoms. The number of likely N-dealkylation sites (tertiary alicyclic amines) is 1. The maximum Gasteiger partial charge on any atom is 0.320 e. The van der Waals surface area contributed by atoms with Crippen LogP contribution in [-0.4, -0.2) is 28.6 Å². The summed E-state index contributed by atoms with van der Waals surface area (Å²) in [5, 5.41) is 13.3. The molecule has 1 aliphatic heterocycles. The first-order chi connectivity index (χ1) is 15.7. The fraction of sp³-hybridized carbons (Fsp3) is 0.222. The Bertz CT molecular complexity index is 1220. The van der Waals surface area contributed by atoms with Gasteiger partial charge >= 0.3 is 5.97 Å². The SMILES string of the molecule is O=C(O)C1CCCN1C(c1ccccc1OCc1ccccc1)c1csc2ccccc12. The topological polar surface area (TPSA) is 49.8 Å². The van der Waals surface area contributed by atoms with Crippen LogP contribution in [0.3, 0.4) is 0 Å². The van der Waals surface area contributed by atoms with Crippen LogP contribution in [0.25, 0.3) is 10.1 Å². The average molecular weight is 444 g/mol. The Morgan fingerprint density at radius 1 is 1.00 bits per heavy atom. The minimum absolute atomic E-state index is 0.179. The minimum Gasteiger partial charge on any atom is -0.489 e. The van der Waals surface area contributed by atoms with E-state index in [9.17, 15) is 9.90 Å². The minimum atomic E-state index is -0.755. The van der Waals surface area contributed by atoms with Crippen LogP contribution in [-0.2, 0) is 11.4 Å². The van der Waals surface area contributed by atoms with Crippen molar-refractivity contribution < 1.29 is 14.6 Å². The Labute approximate surface area is 191 Å². The summed E-state index contributed by atoms with van der Waals surface area (Å²) in [6.45, 7) is 1.22. The quantitative estimate of drug-likeness (QED) is 0.374. The molecule has 2 atom stereocenters. The van der Waals surface area contributed by atoms with E-state index in [0.29, 0.717) is 13.0 Å². The highest BCUT2D eigenvalue weighted by Crippen LogP contribution is 2.43. The van der Waals surface area contributed by atoms with E-state index in [2.05, 4.69) is 28.5 Å². The van der Waals surface area contributed by atoms with Crippen molar-refractivity contribution in [1.29, 1.82) is 0 Å². The number of ether oxygens (including phenoxy) is 1. The molecule has 2 unspecified atom stereocenters. The zero-order chi connectivity index (χ0) is 21.9. The molecule has 1 N–H and O–H groups in total. The molecule has 1 fully saturated rings. The van der Waals surface area contributed by atoms with E-state index >= 15 is 0 Å². The van der Waals surface area contributed by atoms with E-state index in [1.165, 1.54) is 10.1 Å². The maximum atomic E-state index is 12.1. The lowest BCUT2D eigenvalue weighted by Crippen LogP contribution is -2.39. The number of benzene rings is 3. The highest BCUT2D eigenvalue weighted by molar-refractivity contribution is 7.17. The highest BCUT2D eigenvalue weighted by atomic mass is 32.1. The number of carboxylic acid groups (broad SMARTS) is 1. The van der Waals surface area contributed by atoms with E-state index in [4.69, 9.17) is 4.74 Å². The van der Waals surface area contributed by atoms with E-state index in [0.717, 1.165) is 35.4 Å². The molecule has 1 aliphatic rings. The zero-order valence-corrected chi connectivity index (χ0v) is 18.5. The zero-order valence-electron chi connectivity index (χ0n) is 17.7. The van der Waals surface area contributed by atoms with E-state index in [1.54, 1.807) is 11.3 Å². The smallest absolute Gasteiger partial charge is 0.320 e. The Morgan fingerprint density at radius 3 is 2.59 bits per heavy atom. The van der Waals surface area contributed by atoms with Gasteiger partial charge in [0.15, 0.2) is 0 Å². The number of hydrogen-bond donors (Lipinski definition) is 1. The van der Waals surface area contributed by atoms with Crippen LogP contribution in [0.15, 0.2) is 84.2 Å². The van der Waals surface area contributed by atoms with Gasteiger partial charge in [-0.1, -0.05) is 66.7 Å². The summed E-state index contributed by atoms with van der Waals surface area (Å²) in [6, 6.07) is 25.8. The van der Waals surface area contributed by atoms with Crippen LogP contribution in [0.2, 0.25) is 0 Å². The molecule has 5 heteroatoms. The molecule has 4 nitrogen and oxygen atoms in total. The second kappa shape index (κ2) is 9.15. The summed E-state index contributed by atoms with van der Waals surface area (Å²) in [4.78, 5) is 14.2. The fourth-order valence-corrected chi connectivity index (χ4v) is 5.65. The molecule has 0 bridgehead atoms. The van der Waals surface area contributed by atoms with Gasteiger partial charge in [0.25, 0.3) is 0 Å². The molecule has 0 aliphatic carbocycles. The summed E-state index contributed by atoms with van der Waals surface area (Å²) < 4.78 is 7.51. The van der Waals surface area contributed by atoms with Gasteiger partial charge in [-0.15, -0.1) is 11.3 Å². The van der Waals surface area contributed by atoms with E-state index in [-0.39, 0.29) is 6.04 Å². The first-order valence-corrected chi connectivity index (χ1v) is 11.8. The van der Waals surface area contributed by atoms with Crippen LogP contribution in [0.1, 0.15) is 35.6 Å². The third-order valence-corrected chi connectivity index (χ3v) is 7.15. The number of thiophene rings is 1. The van der Waals surface area contributed by atoms with Crippen molar-refractivity contribution in [3.8, 4) is 5.75 Å². The Hall–Kier alpha value is -3.15. The van der Waals surface area contributed by atoms with Gasteiger partial charge in [0.1, 0.15) is 18.4 Å². The van der Waals surface area contributed by atoms with Gasteiger partial charge in [-0.05, 0) is 46.9 Å². The van der Waals surface area contributed by atoms with Gasteiger partial charge in [0.05, 0.1) is 6.04 Å². The predicted octanol–water partition coefficient (Wildman–Crippen LogP) is 6.12. The Morgan fingerprint density at radius 2 is 1.75 bits per heavy atom. The monoisotopic (exact) mass is 443 g/mol. The number of aliphatic carboxylic acids is 1. The fourth-order valence-electron chi connectivity index (χ4n) is 4.67. The second-order valence-corrected chi connectivity index (χ2v) is 9.05. The molecule has 0 saturated carbocycles. The lowest BCUT2D eigenvalue weighted by molar-refractivity contribution is -0.142. The number of rotatable bonds is 7. The molecule has 0 radical (unpaired) electrons. The van der Waals surface area contributed by atoms with E-state index in [1.807, 2.05) is 60.7 Å². The number of hydrogen-bond acceptors (Lipinski definition) is 4. The van der Waals surface area contributed by atoms with Gasteiger partial charge in [-0.25, -0.2) is 0 Å². The van der Waals surface area contributed by atoms with Crippen molar-refractivity contribution in [2.24, 2.45) is 0 Å². The molecular formula is C27H25NO3S. The number of nitrogens with zero attached hydrogens (tertiary/aromatic N) is 1. The summed E-state index contributed by atoms with van der Waals surface area (Å²) in [5.74, 6) is 0.0439. The van der Waals surface area contributed by atoms with Gasteiger partial charge in [0.2, 0.25) is 0 Å². The molecule has 0 amide bonds. The van der Waals surface area contributed by atoms with Crippen LogP contribution < -0.4 is 4.74 Å². The highest BCUT2D eigenvalue weighted by Gasteiger charge is 2.38. The van der Waals surface area contributed by atoms with Gasteiger partial charge in [0, 0.05) is 16.8 Å². The molecular weight excluding hydrogens is 418 g/mol. The first kappa shape index (κ1) is 20.7. The van der Waals surface area contributed by atoms with Crippen molar-refractivity contribution in [3.63, 3.8) is 0 Å². The summed E-state index contributed by atoms with van der Waals surface area (Å²) in [7, 11) is 0. The lowest BCUT2D eigenvalue weighted by Gasteiger charge is -2.32. The van der Waals surface area contributed by atoms with Crippen molar-refractivity contribution in [2.75, 3.05) is 6.54 Å². The molecule has 1 aromatic heterocycles. The Balaban J connectivity index is 1.59. The van der Waals surface area contributed by atoms with Crippen molar-refractivity contribution >= 4 is 27.4 Å². The lowest BCUT2D eigenvalue weighted by atomic mass is 9.95.